The van der Waals surface area contributed by atoms with Crippen LogP contribution in [0, 0.1) is 0 Å². The number of Topliss-reactive ketones (excluding diaryl/α,β-unsaturated/α-hetero) is 1. The molecule has 1 aliphatic rings. The van der Waals surface area contributed by atoms with Gasteiger partial charge in [0.25, 0.3) is 5.91 Å². The van der Waals surface area contributed by atoms with Gasteiger partial charge >= 0.3 is 0 Å². The Morgan fingerprint density at radius 1 is 1.39 bits per heavy atom. The molecule has 1 amide bonds. The van der Waals surface area contributed by atoms with Crippen molar-refractivity contribution in [2.45, 2.75) is 6.42 Å². The summed E-state index contributed by atoms with van der Waals surface area (Å²) in [6.45, 7) is 3.55. The number of benzene rings is 1. The van der Waals surface area contributed by atoms with E-state index in [1.54, 1.807) is 6.07 Å². The summed E-state index contributed by atoms with van der Waals surface area (Å²) in [6.07, 6.45) is 1.54. The Hall–Kier alpha value is -2.07. The molecule has 2 N–H and O–H groups in total. The van der Waals surface area contributed by atoms with E-state index in [4.69, 9.17) is 11.6 Å². The van der Waals surface area contributed by atoms with Crippen molar-refractivity contribution in [1.82, 2.24) is 5.32 Å². The number of allylic oxidation sites excluding steroid dienone is 1. The lowest BCUT2D eigenvalue weighted by Gasteiger charge is -2.16. The van der Waals surface area contributed by atoms with Gasteiger partial charge < -0.3 is 10.4 Å². The lowest BCUT2D eigenvalue weighted by Crippen LogP contribution is -2.34. The first-order valence-corrected chi connectivity index (χ1v) is 5.57. The number of rotatable bonds is 1. The Labute approximate surface area is 109 Å². The summed E-state index contributed by atoms with van der Waals surface area (Å²) in [5, 5.41) is 11.9. The second kappa shape index (κ2) is 4.66. The first-order chi connectivity index (χ1) is 8.47. The van der Waals surface area contributed by atoms with Gasteiger partial charge in [-0.2, -0.15) is 0 Å². The van der Waals surface area contributed by atoms with Crippen LogP contribution in [0.5, 0.6) is 5.75 Å². The number of hydrogen-bond donors (Lipinski definition) is 2. The smallest absolute Gasteiger partial charge is 0.259 e. The van der Waals surface area contributed by atoms with Crippen molar-refractivity contribution in [2.24, 2.45) is 0 Å². The molecule has 5 heteroatoms. The molecular weight excluding hydrogens is 254 g/mol. The first-order valence-electron chi connectivity index (χ1n) is 5.20. The molecule has 1 aromatic rings. The minimum Gasteiger partial charge on any atom is -0.506 e. The van der Waals surface area contributed by atoms with E-state index < -0.39 is 5.91 Å². The largest absolute Gasteiger partial charge is 0.506 e. The third-order valence-electron chi connectivity index (χ3n) is 2.49. The first kappa shape index (κ1) is 12.4. The van der Waals surface area contributed by atoms with Crippen LogP contribution in [-0.2, 0) is 9.59 Å². The van der Waals surface area contributed by atoms with E-state index in [0.29, 0.717) is 11.3 Å². The quantitative estimate of drug-likeness (QED) is 0.602. The molecule has 0 radical (unpaired) electrons. The summed E-state index contributed by atoms with van der Waals surface area (Å²) in [4.78, 5) is 23.3. The number of ketones is 1. The number of piperidine rings is 1. The number of halogens is 1. The van der Waals surface area contributed by atoms with Crippen molar-refractivity contribution >= 4 is 29.4 Å². The van der Waals surface area contributed by atoms with Gasteiger partial charge in [-0.3, -0.25) is 9.59 Å². The summed E-state index contributed by atoms with van der Waals surface area (Å²) in [7, 11) is 0. The van der Waals surface area contributed by atoms with Crippen molar-refractivity contribution < 1.29 is 14.7 Å². The Bertz CT molecular complexity index is 568. The van der Waals surface area contributed by atoms with Gasteiger partial charge in [0.1, 0.15) is 5.75 Å². The van der Waals surface area contributed by atoms with Gasteiger partial charge in [-0.15, -0.1) is 0 Å². The molecule has 2 rings (SSSR count). The highest BCUT2D eigenvalue weighted by atomic mass is 35.5. The Kier molecular flexibility index (Phi) is 3.21. The molecular formula is C13H10ClNO3. The Balaban J connectivity index is 2.37. The SMILES string of the molecule is C=C1CC(=O)/C(=C\c2ccc(O)c(Cl)c2)C(=O)N1. The fourth-order valence-electron chi connectivity index (χ4n) is 1.61. The number of aromatic hydroxyl groups is 1. The van der Waals surface area contributed by atoms with Crippen molar-refractivity contribution in [3.8, 4) is 5.75 Å². The molecule has 1 heterocycles. The second-order valence-corrected chi connectivity index (χ2v) is 4.33. The molecule has 0 aliphatic carbocycles. The number of carbonyl (C=O) groups excluding carboxylic acids is 2. The van der Waals surface area contributed by atoms with Crippen LogP contribution in [0.3, 0.4) is 0 Å². The molecule has 4 nitrogen and oxygen atoms in total. The predicted octanol–water partition coefficient (Wildman–Crippen LogP) is 2.03. The molecule has 0 saturated carbocycles. The maximum absolute atomic E-state index is 11.7. The average Bonchev–Trinajstić information content (AvgIpc) is 2.28. The molecule has 0 bridgehead atoms. The van der Waals surface area contributed by atoms with Crippen LogP contribution in [-0.4, -0.2) is 16.8 Å². The molecule has 1 aliphatic heterocycles. The number of phenolic OH excluding ortho intramolecular Hbond substituents is 1. The summed E-state index contributed by atoms with van der Waals surface area (Å²) < 4.78 is 0. The van der Waals surface area contributed by atoms with E-state index in [-0.39, 0.29) is 28.5 Å². The number of amides is 1. The molecule has 0 atom stereocenters. The van der Waals surface area contributed by atoms with Crippen LogP contribution >= 0.6 is 11.6 Å². The molecule has 1 fully saturated rings. The monoisotopic (exact) mass is 263 g/mol. The zero-order chi connectivity index (χ0) is 13.3. The second-order valence-electron chi connectivity index (χ2n) is 3.93. The van der Waals surface area contributed by atoms with Gasteiger partial charge in [0.2, 0.25) is 0 Å². The molecule has 18 heavy (non-hydrogen) atoms. The van der Waals surface area contributed by atoms with Gasteiger partial charge in [-0.05, 0) is 23.8 Å². The fraction of sp³-hybridized carbons (Fsp3) is 0.0769. The number of carbonyl (C=O) groups is 2. The van der Waals surface area contributed by atoms with Crippen LogP contribution < -0.4 is 5.32 Å². The van der Waals surface area contributed by atoms with Crippen molar-refractivity contribution in [2.75, 3.05) is 0 Å². The van der Waals surface area contributed by atoms with Gasteiger partial charge in [-0.1, -0.05) is 24.2 Å². The van der Waals surface area contributed by atoms with Crippen molar-refractivity contribution in [3.63, 3.8) is 0 Å². The number of nitrogens with one attached hydrogen (secondary N) is 1. The van der Waals surface area contributed by atoms with E-state index in [0.717, 1.165) is 0 Å². The summed E-state index contributed by atoms with van der Waals surface area (Å²) in [5.74, 6) is -0.806. The summed E-state index contributed by atoms with van der Waals surface area (Å²) in [5.41, 5.74) is 1.03. The Morgan fingerprint density at radius 3 is 2.72 bits per heavy atom. The van der Waals surface area contributed by atoms with E-state index >= 15 is 0 Å². The third kappa shape index (κ3) is 2.43. The topological polar surface area (TPSA) is 66.4 Å². The molecule has 0 unspecified atom stereocenters. The average molecular weight is 264 g/mol. The summed E-state index contributed by atoms with van der Waals surface area (Å²) >= 11 is 5.75. The molecule has 0 spiro atoms. The highest BCUT2D eigenvalue weighted by molar-refractivity contribution is 6.32. The highest BCUT2D eigenvalue weighted by Crippen LogP contribution is 2.25. The highest BCUT2D eigenvalue weighted by Gasteiger charge is 2.24. The minimum atomic E-state index is -0.472. The molecule has 92 valence electrons. The van der Waals surface area contributed by atoms with Crippen molar-refractivity contribution in [1.29, 1.82) is 0 Å². The Morgan fingerprint density at radius 2 is 2.11 bits per heavy atom. The lowest BCUT2D eigenvalue weighted by molar-refractivity contribution is -0.123. The van der Waals surface area contributed by atoms with Gasteiger partial charge in [0.05, 0.1) is 17.0 Å². The normalized spacial score (nSPS) is 18.1. The number of hydrogen-bond acceptors (Lipinski definition) is 3. The van der Waals surface area contributed by atoms with E-state index in [1.807, 2.05) is 0 Å². The molecule has 1 saturated heterocycles. The van der Waals surface area contributed by atoms with Gasteiger partial charge in [-0.25, -0.2) is 0 Å². The van der Waals surface area contributed by atoms with Gasteiger partial charge in [0, 0.05) is 5.70 Å². The predicted molar refractivity (Wildman–Crippen MR) is 68.0 cm³/mol. The third-order valence-corrected chi connectivity index (χ3v) is 2.79. The molecule has 0 aromatic heterocycles. The summed E-state index contributed by atoms with van der Waals surface area (Å²) in [6, 6.07) is 4.45. The van der Waals surface area contributed by atoms with Gasteiger partial charge in [0.15, 0.2) is 5.78 Å². The lowest BCUT2D eigenvalue weighted by atomic mass is 9.99. The van der Waals surface area contributed by atoms with Crippen LogP contribution in [0.1, 0.15) is 12.0 Å². The van der Waals surface area contributed by atoms with Crippen LogP contribution in [0.25, 0.3) is 6.08 Å². The van der Waals surface area contributed by atoms with Crippen molar-refractivity contribution in [3.05, 3.63) is 46.6 Å². The zero-order valence-electron chi connectivity index (χ0n) is 9.37. The van der Waals surface area contributed by atoms with E-state index in [9.17, 15) is 14.7 Å². The fourth-order valence-corrected chi connectivity index (χ4v) is 1.80. The number of phenols is 1. The van der Waals surface area contributed by atoms with E-state index in [2.05, 4.69) is 11.9 Å². The molecule has 1 aromatic carbocycles. The maximum Gasteiger partial charge on any atom is 0.259 e. The zero-order valence-corrected chi connectivity index (χ0v) is 10.1. The van der Waals surface area contributed by atoms with E-state index in [1.165, 1.54) is 18.2 Å². The minimum absolute atomic E-state index is 0.0494. The van der Waals surface area contributed by atoms with Crippen LogP contribution in [0.15, 0.2) is 36.0 Å². The van der Waals surface area contributed by atoms with Crippen LogP contribution in [0.2, 0.25) is 5.02 Å². The van der Waals surface area contributed by atoms with Crippen LogP contribution in [0.4, 0.5) is 0 Å². The maximum atomic E-state index is 11.7. The standard InChI is InChI=1S/C13H10ClNO3/c1-7-4-12(17)9(13(18)15-7)5-8-2-3-11(16)10(14)6-8/h2-3,5-6,16H,1,4H2,(H,15,18)/b9-5+.